The van der Waals surface area contributed by atoms with E-state index in [1.165, 1.54) is 11.1 Å². The largest absolute Gasteiger partial charge is 0.381 e. The van der Waals surface area contributed by atoms with Crippen molar-refractivity contribution in [2.75, 3.05) is 5.32 Å². The van der Waals surface area contributed by atoms with Crippen LogP contribution in [0.2, 0.25) is 5.15 Å². The summed E-state index contributed by atoms with van der Waals surface area (Å²) in [5, 5.41) is 5.07. The van der Waals surface area contributed by atoms with Crippen molar-refractivity contribution in [2.24, 2.45) is 0 Å². The number of hydrogen-bond acceptors (Lipinski definition) is 2. The number of anilines is 1. The van der Waals surface area contributed by atoms with E-state index in [9.17, 15) is 0 Å². The van der Waals surface area contributed by atoms with Crippen molar-refractivity contribution in [2.45, 2.75) is 20.4 Å². The van der Waals surface area contributed by atoms with Crippen LogP contribution in [0, 0.1) is 13.8 Å². The van der Waals surface area contributed by atoms with Crippen LogP contribution in [0.15, 0.2) is 48.5 Å². The molecule has 2 aromatic carbocycles. The first-order valence-electron chi connectivity index (χ1n) is 6.98. The number of hydrogen-bond donors (Lipinski definition) is 1. The minimum Gasteiger partial charge on any atom is -0.381 e. The van der Waals surface area contributed by atoms with Gasteiger partial charge in [-0.25, -0.2) is 4.98 Å². The van der Waals surface area contributed by atoms with E-state index in [2.05, 4.69) is 66.6 Å². The molecule has 1 heterocycles. The van der Waals surface area contributed by atoms with Crippen LogP contribution in [0.1, 0.15) is 16.7 Å². The van der Waals surface area contributed by atoms with E-state index in [-0.39, 0.29) is 0 Å². The van der Waals surface area contributed by atoms with Crippen molar-refractivity contribution in [1.29, 1.82) is 0 Å². The second kappa shape index (κ2) is 5.74. The first-order valence-corrected chi connectivity index (χ1v) is 7.36. The first-order chi connectivity index (χ1) is 10.1. The zero-order valence-electron chi connectivity index (χ0n) is 12.2. The summed E-state index contributed by atoms with van der Waals surface area (Å²) < 4.78 is 0. The number of nitrogens with one attached hydrogen (secondary N) is 1. The highest BCUT2D eigenvalue weighted by atomic mass is 35.5. The normalized spacial score (nSPS) is 10.8. The van der Waals surface area contributed by atoms with Crippen LogP contribution in [-0.4, -0.2) is 4.98 Å². The molecular formula is C18H17ClN2. The van der Waals surface area contributed by atoms with Gasteiger partial charge in [-0.05, 0) is 44.2 Å². The molecule has 0 aliphatic carbocycles. The Bertz CT molecular complexity index is 779. The van der Waals surface area contributed by atoms with Crippen molar-refractivity contribution >= 4 is 28.2 Å². The maximum Gasteiger partial charge on any atom is 0.134 e. The fraction of sp³-hybridized carbons (Fsp3) is 0.167. The van der Waals surface area contributed by atoms with E-state index in [0.717, 1.165) is 22.2 Å². The highest BCUT2D eigenvalue weighted by Gasteiger charge is 2.05. The molecule has 2 nitrogen and oxygen atoms in total. The quantitative estimate of drug-likeness (QED) is 0.679. The molecule has 1 N–H and O–H groups in total. The van der Waals surface area contributed by atoms with Crippen molar-refractivity contribution in [3.05, 3.63) is 70.4 Å². The molecule has 0 atom stereocenters. The fourth-order valence-corrected chi connectivity index (χ4v) is 2.52. The summed E-state index contributed by atoms with van der Waals surface area (Å²) >= 11 is 6.28. The maximum absolute atomic E-state index is 6.28. The number of nitrogens with zero attached hydrogens (tertiary/aromatic N) is 1. The van der Waals surface area contributed by atoms with Gasteiger partial charge in [-0.3, -0.25) is 0 Å². The van der Waals surface area contributed by atoms with E-state index in [4.69, 9.17) is 11.6 Å². The Labute approximate surface area is 129 Å². The number of benzene rings is 2. The average Bonchev–Trinajstić information content (AvgIpc) is 2.47. The number of pyridine rings is 1. The number of fused-ring (bicyclic) bond motifs is 1. The molecule has 0 amide bonds. The molecule has 0 spiro atoms. The number of aryl methyl sites for hydroxylation is 2. The summed E-state index contributed by atoms with van der Waals surface area (Å²) in [6.45, 7) is 4.83. The van der Waals surface area contributed by atoms with Gasteiger partial charge in [-0.2, -0.15) is 0 Å². The van der Waals surface area contributed by atoms with Gasteiger partial charge in [0.1, 0.15) is 5.15 Å². The van der Waals surface area contributed by atoms with E-state index in [1.807, 2.05) is 6.07 Å². The molecule has 0 unspecified atom stereocenters. The molecule has 0 aliphatic heterocycles. The number of halogens is 1. The van der Waals surface area contributed by atoms with E-state index < -0.39 is 0 Å². The molecule has 0 saturated carbocycles. The van der Waals surface area contributed by atoms with E-state index in [1.54, 1.807) is 0 Å². The summed E-state index contributed by atoms with van der Waals surface area (Å²) in [5.41, 5.74) is 5.51. The summed E-state index contributed by atoms with van der Waals surface area (Å²) in [6.07, 6.45) is 0. The Hall–Kier alpha value is -2.06. The zero-order chi connectivity index (χ0) is 14.8. The monoisotopic (exact) mass is 296 g/mol. The number of rotatable bonds is 3. The summed E-state index contributed by atoms with van der Waals surface area (Å²) in [6, 6.07) is 16.6. The second-order valence-corrected chi connectivity index (χ2v) is 5.71. The smallest absolute Gasteiger partial charge is 0.134 e. The molecule has 3 heteroatoms. The van der Waals surface area contributed by atoms with Crippen molar-refractivity contribution < 1.29 is 0 Å². The lowest BCUT2D eigenvalue weighted by atomic mass is 10.1. The van der Waals surface area contributed by atoms with Gasteiger partial charge in [-0.15, -0.1) is 0 Å². The Kier molecular flexibility index (Phi) is 3.80. The first kappa shape index (κ1) is 13.9. The van der Waals surface area contributed by atoms with Crippen LogP contribution in [0.3, 0.4) is 0 Å². The van der Waals surface area contributed by atoms with Gasteiger partial charge in [0.2, 0.25) is 0 Å². The lowest BCUT2D eigenvalue weighted by Gasteiger charge is -2.09. The SMILES string of the molecule is Cc1ccc(NCc2cc3cc(C)ccc3nc2Cl)cc1. The Morgan fingerprint density at radius 1 is 0.952 bits per heavy atom. The topological polar surface area (TPSA) is 24.9 Å². The molecule has 3 rings (SSSR count). The molecular weight excluding hydrogens is 280 g/mol. The summed E-state index contributed by atoms with van der Waals surface area (Å²) in [4.78, 5) is 4.47. The van der Waals surface area contributed by atoms with E-state index in [0.29, 0.717) is 11.7 Å². The van der Waals surface area contributed by atoms with Crippen molar-refractivity contribution in [3.63, 3.8) is 0 Å². The second-order valence-electron chi connectivity index (χ2n) is 5.35. The third-order valence-corrected chi connectivity index (χ3v) is 3.86. The molecule has 106 valence electrons. The average molecular weight is 297 g/mol. The summed E-state index contributed by atoms with van der Waals surface area (Å²) in [5.74, 6) is 0. The number of aromatic nitrogens is 1. The van der Waals surface area contributed by atoms with Crippen LogP contribution in [-0.2, 0) is 6.54 Å². The van der Waals surface area contributed by atoms with Crippen LogP contribution < -0.4 is 5.32 Å². The molecule has 21 heavy (non-hydrogen) atoms. The molecule has 0 saturated heterocycles. The fourth-order valence-electron chi connectivity index (χ4n) is 2.31. The summed E-state index contributed by atoms with van der Waals surface area (Å²) in [7, 11) is 0. The predicted molar refractivity (Wildman–Crippen MR) is 90.0 cm³/mol. The minimum absolute atomic E-state index is 0.561. The highest BCUT2D eigenvalue weighted by molar-refractivity contribution is 6.30. The van der Waals surface area contributed by atoms with Gasteiger partial charge in [0, 0.05) is 23.2 Å². The predicted octanol–water partition coefficient (Wildman–Crippen LogP) is 5.12. The Morgan fingerprint density at radius 3 is 2.43 bits per heavy atom. The maximum atomic E-state index is 6.28. The van der Waals surface area contributed by atoms with Crippen molar-refractivity contribution in [1.82, 2.24) is 4.98 Å². The van der Waals surface area contributed by atoms with Crippen LogP contribution in [0.25, 0.3) is 10.9 Å². The highest BCUT2D eigenvalue weighted by Crippen LogP contribution is 2.22. The van der Waals surface area contributed by atoms with Crippen LogP contribution in [0.5, 0.6) is 0 Å². The lowest BCUT2D eigenvalue weighted by Crippen LogP contribution is -2.01. The molecule has 0 bridgehead atoms. The molecule has 0 radical (unpaired) electrons. The van der Waals surface area contributed by atoms with Crippen LogP contribution >= 0.6 is 11.6 Å². The van der Waals surface area contributed by atoms with Gasteiger partial charge in [0.25, 0.3) is 0 Å². The van der Waals surface area contributed by atoms with Gasteiger partial charge >= 0.3 is 0 Å². The van der Waals surface area contributed by atoms with Gasteiger partial charge in [0.05, 0.1) is 5.52 Å². The van der Waals surface area contributed by atoms with Crippen LogP contribution in [0.4, 0.5) is 5.69 Å². The van der Waals surface area contributed by atoms with E-state index >= 15 is 0 Å². The van der Waals surface area contributed by atoms with Gasteiger partial charge < -0.3 is 5.32 Å². The standard InChI is InChI=1S/C18H17ClN2/c1-12-3-6-16(7-4-12)20-11-15-10-14-9-13(2)5-8-17(14)21-18(15)19/h3-10,20H,11H2,1-2H3. The third kappa shape index (κ3) is 3.17. The molecule has 0 aliphatic rings. The Balaban J connectivity index is 1.86. The molecule has 3 aromatic rings. The Morgan fingerprint density at radius 2 is 1.67 bits per heavy atom. The van der Waals surface area contributed by atoms with Crippen molar-refractivity contribution in [3.8, 4) is 0 Å². The van der Waals surface area contributed by atoms with Gasteiger partial charge in [-0.1, -0.05) is 40.9 Å². The molecule has 0 fully saturated rings. The lowest BCUT2D eigenvalue weighted by molar-refractivity contribution is 1.13. The third-order valence-electron chi connectivity index (χ3n) is 3.53. The minimum atomic E-state index is 0.561. The zero-order valence-corrected chi connectivity index (χ0v) is 12.9. The molecule has 1 aromatic heterocycles. The van der Waals surface area contributed by atoms with Gasteiger partial charge in [0.15, 0.2) is 0 Å².